The summed E-state index contributed by atoms with van der Waals surface area (Å²) in [4.78, 5) is 32.2. The maximum Gasteiger partial charge on any atom is 0.255 e. The molecule has 0 radical (unpaired) electrons. The Morgan fingerprint density at radius 2 is 1.64 bits per heavy atom. The number of aromatic hydroxyl groups is 1. The van der Waals surface area contributed by atoms with Crippen LogP contribution >= 0.6 is 0 Å². The number of amides is 2. The lowest BCUT2D eigenvalue weighted by molar-refractivity contribution is -0.126. The van der Waals surface area contributed by atoms with E-state index in [1.165, 1.54) is 22.3 Å². The summed E-state index contributed by atoms with van der Waals surface area (Å²) < 4.78 is 6.16. The molecule has 4 aromatic rings. The summed E-state index contributed by atoms with van der Waals surface area (Å²) in [7, 11) is 0. The van der Waals surface area contributed by atoms with Crippen molar-refractivity contribution >= 4 is 17.5 Å². The topological polar surface area (TPSA) is 106 Å². The molecule has 9 heteroatoms. The third kappa shape index (κ3) is 8.00. The number of fused-ring (bicyclic) bond motifs is 2. The summed E-state index contributed by atoms with van der Waals surface area (Å²) in [5, 5.41) is 24.3. The van der Waals surface area contributed by atoms with Crippen LogP contribution in [0.15, 0.2) is 103 Å². The van der Waals surface area contributed by atoms with Crippen molar-refractivity contribution in [3.63, 3.8) is 0 Å². The van der Waals surface area contributed by atoms with Gasteiger partial charge in [0, 0.05) is 68.6 Å². The predicted octanol–water partition coefficient (Wildman–Crippen LogP) is 6.73. The number of carbonyl (C=O) groups excluding carboxylic acids is 2. The smallest absolute Gasteiger partial charge is 0.255 e. The number of rotatable bonds is 11. The first-order valence-electron chi connectivity index (χ1n) is 19.8. The number of phenols is 1. The Balaban J connectivity index is 0.806. The lowest BCUT2D eigenvalue weighted by atomic mass is 9.69. The molecule has 2 fully saturated rings. The number of nitrogens with one attached hydrogen (secondary N) is 1. The van der Waals surface area contributed by atoms with Crippen LogP contribution in [-0.4, -0.2) is 82.8 Å². The van der Waals surface area contributed by atoms with Gasteiger partial charge in [0.2, 0.25) is 5.91 Å². The SMILES string of the molecule is C=C1CCC(N2Cc3cc(N4CCN(CCC(C)(O)CCOc5ccc([C@@H]6c7ccc(O)cc7CC[C@@H]6c6ccccc6)cc5)CC4)ccc3C2=O)C(=O)N1. The number of allylic oxidation sites excluding steroid dienone is 1. The summed E-state index contributed by atoms with van der Waals surface area (Å²) in [6.07, 6.45) is 4.45. The van der Waals surface area contributed by atoms with Crippen LogP contribution < -0.4 is 15.0 Å². The van der Waals surface area contributed by atoms with Gasteiger partial charge in [-0.1, -0.05) is 55.1 Å². The van der Waals surface area contributed by atoms with Crippen LogP contribution in [0.25, 0.3) is 0 Å². The van der Waals surface area contributed by atoms with Gasteiger partial charge in [-0.3, -0.25) is 14.5 Å². The summed E-state index contributed by atoms with van der Waals surface area (Å²) in [5.41, 5.74) is 7.69. The van der Waals surface area contributed by atoms with Crippen molar-refractivity contribution in [2.45, 2.75) is 75.5 Å². The van der Waals surface area contributed by atoms with Crippen molar-refractivity contribution in [2.24, 2.45) is 0 Å². The quantitative estimate of drug-likeness (QED) is 0.157. The largest absolute Gasteiger partial charge is 0.508 e. The average molecular weight is 741 g/mol. The maximum absolute atomic E-state index is 13.2. The van der Waals surface area contributed by atoms with Crippen LogP contribution in [0.2, 0.25) is 0 Å². The Bertz CT molecular complexity index is 2040. The number of piperazine rings is 1. The van der Waals surface area contributed by atoms with Crippen molar-refractivity contribution in [1.82, 2.24) is 15.1 Å². The van der Waals surface area contributed by atoms with Crippen molar-refractivity contribution in [2.75, 3.05) is 44.2 Å². The lowest BCUT2D eigenvalue weighted by Gasteiger charge is -2.37. The molecule has 8 rings (SSSR count). The molecule has 3 N–H and O–H groups in total. The summed E-state index contributed by atoms with van der Waals surface area (Å²) in [6.45, 7) is 11.0. The van der Waals surface area contributed by atoms with E-state index in [0.29, 0.717) is 61.8 Å². The van der Waals surface area contributed by atoms with E-state index in [4.69, 9.17) is 4.74 Å². The molecule has 3 heterocycles. The molecule has 2 amide bonds. The highest BCUT2D eigenvalue weighted by molar-refractivity contribution is 6.01. The van der Waals surface area contributed by atoms with Gasteiger partial charge >= 0.3 is 0 Å². The van der Waals surface area contributed by atoms with Gasteiger partial charge in [0.15, 0.2) is 0 Å². The maximum atomic E-state index is 13.2. The molecule has 286 valence electrons. The normalized spacial score (nSPS) is 22.5. The first-order valence-corrected chi connectivity index (χ1v) is 19.8. The Labute approximate surface area is 324 Å². The second-order valence-electron chi connectivity index (χ2n) is 16.1. The number of anilines is 1. The number of phenolic OH excluding ortho intramolecular Hbond substituents is 1. The zero-order chi connectivity index (χ0) is 38.1. The van der Waals surface area contributed by atoms with E-state index in [0.717, 1.165) is 62.6 Å². The van der Waals surface area contributed by atoms with Crippen LogP contribution in [0.4, 0.5) is 5.69 Å². The van der Waals surface area contributed by atoms with E-state index >= 15 is 0 Å². The minimum Gasteiger partial charge on any atom is -0.508 e. The molecule has 0 spiro atoms. The van der Waals surface area contributed by atoms with Crippen molar-refractivity contribution < 1.29 is 24.5 Å². The number of carbonyl (C=O) groups is 2. The number of hydrogen-bond acceptors (Lipinski definition) is 7. The van der Waals surface area contributed by atoms with Crippen LogP contribution in [0, 0.1) is 0 Å². The number of nitrogens with zero attached hydrogens (tertiary/aromatic N) is 3. The highest BCUT2D eigenvalue weighted by atomic mass is 16.5. The van der Waals surface area contributed by atoms with Crippen LogP contribution in [0.5, 0.6) is 11.5 Å². The Kier molecular flexibility index (Phi) is 10.4. The number of aryl methyl sites for hydroxylation is 1. The van der Waals surface area contributed by atoms with Crippen molar-refractivity contribution in [1.29, 1.82) is 0 Å². The minimum atomic E-state index is -0.849. The summed E-state index contributed by atoms with van der Waals surface area (Å²) in [5.74, 6) is 1.43. The molecule has 4 aromatic carbocycles. The molecule has 4 aliphatic rings. The Morgan fingerprint density at radius 1 is 0.855 bits per heavy atom. The molecule has 3 aliphatic heterocycles. The van der Waals surface area contributed by atoms with E-state index < -0.39 is 11.6 Å². The minimum absolute atomic E-state index is 0.0732. The van der Waals surface area contributed by atoms with Crippen LogP contribution in [0.3, 0.4) is 0 Å². The van der Waals surface area contributed by atoms with Gasteiger partial charge in [-0.15, -0.1) is 0 Å². The van der Waals surface area contributed by atoms with Gasteiger partial charge in [0.05, 0.1) is 12.2 Å². The molecule has 4 atom stereocenters. The highest BCUT2D eigenvalue weighted by Crippen LogP contribution is 2.47. The first-order chi connectivity index (χ1) is 26.6. The zero-order valence-electron chi connectivity index (χ0n) is 31.8. The third-order valence-corrected chi connectivity index (χ3v) is 12.3. The fourth-order valence-corrected chi connectivity index (χ4v) is 9.03. The molecular formula is C46H52N4O5. The molecular weight excluding hydrogens is 689 g/mol. The standard InChI is InChI=1S/C46H52N4O5/c1-31-8-19-42(44(52)47-31)50-30-35-28-36(12-17-41(35)45(50)53)49-25-23-48(24-26-49)22-20-46(2,54)21-27-55-38-14-9-33(10-15-38)43-39(32-6-4-3-5-7-32)16-11-34-29-37(51)13-18-40(34)43/h3-7,9-10,12-15,17-18,28-29,39,42-43,51,54H,1,8,11,16,19-27,30H2,2H3,(H,47,52)/t39-,42?,43+,46?/m1/s1. The van der Waals surface area contributed by atoms with E-state index in [1.54, 1.807) is 11.0 Å². The zero-order valence-corrected chi connectivity index (χ0v) is 31.8. The summed E-state index contributed by atoms with van der Waals surface area (Å²) in [6, 6.07) is 30.6. The van der Waals surface area contributed by atoms with E-state index in [1.807, 2.05) is 37.3 Å². The summed E-state index contributed by atoms with van der Waals surface area (Å²) >= 11 is 0. The van der Waals surface area contributed by atoms with Gasteiger partial charge in [0.25, 0.3) is 5.91 Å². The lowest BCUT2D eigenvalue weighted by Crippen LogP contribution is -2.49. The average Bonchev–Trinajstić information content (AvgIpc) is 3.52. The van der Waals surface area contributed by atoms with E-state index in [-0.39, 0.29) is 17.7 Å². The second-order valence-corrected chi connectivity index (χ2v) is 16.1. The fraction of sp³-hybridized carbons (Fsp3) is 0.391. The molecule has 0 aromatic heterocycles. The highest BCUT2D eigenvalue weighted by Gasteiger charge is 2.38. The molecule has 0 saturated carbocycles. The van der Waals surface area contributed by atoms with Crippen molar-refractivity contribution in [3.05, 3.63) is 137 Å². The number of ether oxygens (including phenoxy) is 1. The number of aliphatic hydroxyl groups is 1. The van der Waals surface area contributed by atoms with E-state index in [9.17, 15) is 19.8 Å². The van der Waals surface area contributed by atoms with Gasteiger partial charge in [0.1, 0.15) is 17.5 Å². The fourth-order valence-electron chi connectivity index (χ4n) is 9.03. The Morgan fingerprint density at radius 3 is 2.40 bits per heavy atom. The first kappa shape index (κ1) is 36.8. The predicted molar refractivity (Wildman–Crippen MR) is 215 cm³/mol. The number of piperidine rings is 1. The molecule has 2 saturated heterocycles. The van der Waals surface area contributed by atoms with Crippen molar-refractivity contribution in [3.8, 4) is 11.5 Å². The van der Waals surface area contributed by atoms with Gasteiger partial charge in [-0.05, 0) is 115 Å². The molecule has 1 aliphatic carbocycles. The van der Waals surface area contributed by atoms with Gasteiger partial charge in [-0.2, -0.15) is 0 Å². The molecule has 9 nitrogen and oxygen atoms in total. The van der Waals surface area contributed by atoms with E-state index in [2.05, 4.69) is 76.3 Å². The second kappa shape index (κ2) is 15.6. The third-order valence-electron chi connectivity index (χ3n) is 12.3. The molecule has 0 bridgehead atoms. The van der Waals surface area contributed by atoms with Gasteiger partial charge < -0.3 is 30.1 Å². The Hall–Kier alpha value is -5.12. The number of benzene rings is 4. The molecule has 55 heavy (non-hydrogen) atoms. The van der Waals surface area contributed by atoms with Crippen LogP contribution in [0.1, 0.15) is 89.0 Å². The number of hydrogen-bond donors (Lipinski definition) is 3. The molecule has 2 unspecified atom stereocenters. The monoisotopic (exact) mass is 740 g/mol. The van der Waals surface area contributed by atoms with Crippen LogP contribution in [-0.2, 0) is 17.8 Å². The van der Waals surface area contributed by atoms with Gasteiger partial charge in [-0.25, -0.2) is 0 Å².